The molecule has 1 aromatic carbocycles. The lowest BCUT2D eigenvalue weighted by atomic mass is 10.0. The SMILES string of the molecule is Cc1ccc2oc(-c3cccc(-c4cccc(-c5cccc(-c6nc7nc(C)ccc7o6)n5)c4)n3)nc2n1. The first kappa shape index (κ1) is 22.0. The van der Waals surface area contributed by atoms with Crippen molar-refractivity contribution >= 4 is 22.5 Å². The van der Waals surface area contributed by atoms with Crippen molar-refractivity contribution in [3.05, 3.63) is 96.3 Å². The lowest BCUT2D eigenvalue weighted by Gasteiger charge is -2.07. The van der Waals surface area contributed by atoms with Gasteiger partial charge in [0, 0.05) is 22.5 Å². The lowest BCUT2D eigenvalue weighted by Crippen LogP contribution is -1.91. The van der Waals surface area contributed by atoms with Crippen LogP contribution >= 0.6 is 0 Å². The Morgan fingerprint density at radius 1 is 0.447 bits per heavy atom. The molecule has 6 aromatic heterocycles. The molecule has 0 unspecified atom stereocenters. The monoisotopic (exact) mass is 496 g/mol. The minimum atomic E-state index is 0.438. The molecule has 0 atom stereocenters. The fourth-order valence-electron chi connectivity index (χ4n) is 4.31. The highest BCUT2D eigenvalue weighted by molar-refractivity contribution is 5.75. The highest BCUT2D eigenvalue weighted by Crippen LogP contribution is 2.29. The number of oxazole rings is 2. The minimum Gasteiger partial charge on any atom is -0.433 e. The van der Waals surface area contributed by atoms with Gasteiger partial charge in [-0.1, -0.05) is 30.3 Å². The molecule has 0 bridgehead atoms. The van der Waals surface area contributed by atoms with Gasteiger partial charge in [-0.2, -0.15) is 9.97 Å². The highest BCUT2D eigenvalue weighted by atomic mass is 16.4. The summed E-state index contributed by atoms with van der Waals surface area (Å²) in [6.45, 7) is 3.85. The maximum Gasteiger partial charge on any atom is 0.247 e. The first-order valence-electron chi connectivity index (χ1n) is 12.1. The van der Waals surface area contributed by atoms with E-state index in [1.54, 1.807) is 0 Å². The summed E-state index contributed by atoms with van der Waals surface area (Å²) in [5.41, 5.74) is 8.96. The summed E-state index contributed by atoms with van der Waals surface area (Å²) < 4.78 is 11.8. The summed E-state index contributed by atoms with van der Waals surface area (Å²) in [7, 11) is 0. The van der Waals surface area contributed by atoms with Gasteiger partial charge < -0.3 is 8.83 Å². The van der Waals surface area contributed by atoms with E-state index < -0.39 is 0 Å². The predicted molar refractivity (Wildman–Crippen MR) is 144 cm³/mol. The van der Waals surface area contributed by atoms with Gasteiger partial charge in [-0.25, -0.2) is 19.9 Å². The molecule has 0 N–H and O–H groups in total. The van der Waals surface area contributed by atoms with Crippen molar-refractivity contribution in [2.45, 2.75) is 13.8 Å². The molecule has 38 heavy (non-hydrogen) atoms. The topological polar surface area (TPSA) is 104 Å². The molecule has 6 heterocycles. The average molecular weight is 497 g/mol. The van der Waals surface area contributed by atoms with E-state index in [2.05, 4.69) is 26.0 Å². The fraction of sp³-hybridized carbons (Fsp3) is 0.0667. The Hall–Kier alpha value is -5.24. The van der Waals surface area contributed by atoms with Gasteiger partial charge in [0.25, 0.3) is 0 Å². The zero-order valence-electron chi connectivity index (χ0n) is 20.6. The summed E-state index contributed by atoms with van der Waals surface area (Å²) in [5, 5.41) is 0. The van der Waals surface area contributed by atoms with Crippen LogP contribution in [0.15, 0.2) is 93.8 Å². The van der Waals surface area contributed by atoms with Crippen LogP contribution in [0.25, 0.3) is 68.1 Å². The molecule has 0 radical (unpaired) electrons. The van der Waals surface area contributed by atoms with E-state index in [0.717, 1.165) is 33.9 Å². The number of aromatic nitrogens is 6. The van der Waals surface area contributed by atoms with E-state index in [1.807, 2.05) is 92.7 Å². The van der Waals surface area contributed by atoms with Crippen molar-refractivity contribution < 1.29 is 8.83 Å². The van der Waals surface area contributed by atoms with Crippen LogP contribution in [0.5, 0.6) is 0 Å². The fourth-order valence-corrected chi connectivity index (χ4v) is 4.31. The van der Waals surface area contributed by atoms with Crippen molar-refractivity contribution in [3.8, 4) is 45.7 Å². The van der Waals surface area contributed by atoms with Crippen LogP contribution < -0.4 is 0 Å². The molecule has 0 aliphatic rings. The van der Waals surface area contributed by atoms with E-state index in [0.29, 0.717) is 45.6 Å². The third-order valence-electron chi connectivity index (χ3n) is 6.18. The van der Waals surface area contributed by atoms with Crippen molar-refractivity contribution in [2.75, 3.05) is 0 Å². The lowest BCUT2D eigenvalue weighted by molar-refractivity contribution is 0.616. The minimum absolute atomic E-state index is 0.438. The molecular formula is C30H20N6O2. The van der Waals surface area contributed by atoms with Crippen molar-refractivity contribution in [1.82, 2.24) is 29.9 Å². The number of pyridine rings is 4. The molecule has 0 saturated carbocycles. The Morgan fingerprint density at radius 3 is 1.39 bits per heavy atom. The van der Waals surface area contributed by atoms with Crippen LogP contribution in [0.3, 0.4) is 0 Å². The molecule has 0 saturated heterocycles. The summed E-state index contributed by atoms with van der Waals surface area (Å²) in [6, 6.07) is 27.2. The number of hydrogen-bond donors (Lipinski definition) is 0. The second-order valence-electron chi connectivity index (χ2n) is 8.98. The smallest absolute Gasteiger partial charge is 0.247 e. The number of hydrogen-bond acceptors (Lipinski definition) is 8. The summed E-state index contributed by atoms with van der Waals surface area (Å²) in [6.07, 6.45) is 0. The third-order valence-corrected chi connectivity index (χ3v) is 6.18. The van der Waals surface area contributed by atoms with Gasteiger partial charge in [0.1, 0.15) is 11.4 Å². The maximum atomic E-state index is 5.91. The molecule has 8 heteroatoms. The number of aryl methyl sites for hydroxylation is 2. The van der Waals surface area contributed by atoms with Gasteiger partial charge in [-0.3, -0.25) is 0 Å². The van der Waals surface area contributed by atoms with Gasteiger partial charge in [-0.15, -0.1) is 0 Å². The van der Waals surface area contributed by atoms with Crippen molar-refractivity contribution in [3.63, 3.8) is 0 Å². The summed E-state index contributed by atoms with van der Waals surface area (Å²) >= 11 is 0. The number of benzene rings is 1. The largest absolute Gasteiger partial charge is 0.433 e. The third kappa shape index (κ3) is 3.98. The molecule has 0 amide bonds. The van der Waals surface area contributed by atoms with Crippen LogP contribution in [0, 0.1) is 13.8 Å². The molecule has 7 rings (SSSR count). The Kier molecular flexibility index (Phi) is 5.04. The first-order valence-corrected chi connectivity index (χ1v) is 12.1. The van der Waals surface area contributed by atoms with Gasteiger partial charge in [0.05, 0.1) is 11.4 Å². The average Bonchev–Trinajstić information content (AvgIpc) is 3.57. The van der Waals surface area contributed by atoms with E-state index in [4.69, 9.17) is 18.8 Å². The summed E-state index contributed by atoms with van der Waals surface area (Å²) in [5.74, 6) is 0.877. The highest BCUT2D eigenvalue weighted by Gasteiger charge is 2.14. The predicted octanol–water partition coefficient (Wildman–Crippen LogP) is 6.83. The molecule has 182 valence electrons. The molecule has 0 aliphatic heterocycles. The van der Waals surface area contributed by atoms with Crippen LogP contribution in [0.2, 0.25) is 0 Å². The second-order valence-corrected chi connectivity index (χ2v) is 8.98. The van der Waals surface area contributed by atoms with Crippen molar-refractivity contribution in [1.29, 1.82) is 0 Å². The van der Waals surface area contributed by atoms with Gasteiger partial charge in [0.15, 0.2) is 22.5 Å². The Balaban J connectivity index is 1.23. The van der Waals surface area contributed by atoms with E-state index in [9.17, 15) is 0 Å². The van der Waals surface area contributed by atoms with Gasteiger partial charge in [-0.05, 0) is 68.4 Å². The maximum absolute atomic E-state index is 5.91. The standard InChI is InChI=1S/C30H20N6O2/c1-17-12-14-25-27(31-17)35-29(37-25)23-10-4-8-21(33-23)19-6-3-7-20(16-19)22-9-5-11-24(34-22)30-36-28-26(38-30)15-13-18(2)32-28/h3-16H,1-2H3. The molecule has 7 aromatic rings. The molecule has 8 nitrogen and oxygen atoms in total. The summed E-state index contributed by atoms with van der Waals surface area (Å²) in [4.78, 5) is 27.6. The molecular weight excluding hydrogens is 476 g/mol. The quantitative estimate of drug-likeness (QED) is 0.261. The Labute approximate surface area is 217 Å². The Morgan fingerprint density at radius 2 is 0.895 bits per heavy atom. The number of nitrogens with zero attached hydrogens (tertiary/aromatic N) is 6. The molecule has 0 aliphatic carbocycles. The number of fused-ring (bicyclic) bond motifs is 2. The van der Waals surface area contributed by atoms with Crippen LogP contribution in [0.1, 0.15) is 11.4 Å². The van der Waals surface area contributed by atoms with E-state index in [-0.39, 0.29) is 0 Å². The van der Waals surface area contributed by atoms with Crippen LogP contribution in [-0.2, 0) is 0 Å². The van der Waals surface area contributed by atoms with E-state index in [1.165, 1.54) is 0 Å². The molecule has 0 fully saturated rings. The zero-order chi connectivity index (χ0) is 25.6. The van der Waals surface area contributed by atoms with Crippen molar-refractivity contribution in [2.24, 2.45) is 0 Å². The van der Waals surface area contributed by atoms with Crippen LogP contribution in [0.4, 0.5) is 0 Å². The normalized spacial score (nSPS) is 11.4. The zero-order valence-corrected chi connectivity index (χ0v) is 20.6. The second kappa shape index (κ2) is 8.70. The van der Waals surface area contributed by atoms with Gasteiger partial charge in [0.2, 0.25) is 11.8 Å². The first-order chi connectivity index (χ1) is 18.6. The molecule has 0 spiro atoms. The van der Waals surface area contributed by atoms with Crippen LogP contribution in [-0.4, -0.2) is 29.9 Å². The van der Waals surface area contributed by atoms with Gasteiger partial charge >= 0.3 is 0 Å². The Bertz CT molecular complexity index is 1830. The number of rotatable bonds is 4. The van der Waals surface area contributed by atoms with E-state index >= 15 is 0 Å².